The van der Waals surface area contributed by atoms with Crippen molar-refractivity contribution >= 4 is 16.7 Å². The Morgan fingerprint density at radius 3 is 2.83 bits per heavy atom. The average Bonchev–Trinajstić information content (AvgIpc) is 2.62. The molecule has 0 saturated carbocycles. The van der Waals surface area contributed by atoms with Crippen LogP contribution < -0.4 is 5.73 Å². The second kappa shape index (κ2) is 5.40. The predicted molar refractivity (Wildman–Crippen MR) is 74.4 cm³/mol. The smallest absolute Gasteiger partial charge is 0.110 e. The molecule has 4 nitrogen and oxygen atoms in total. The average molecular weight is 247 g/mol. The van der Waals surface area contributed by atoms with E-state index in [1.165, 1.54) is 0 Å². The molecular formula is C14H21N3O. The molecule has 3 N–H and O–H groups in total. The fourth-order valence-electron chi connectivity index (χ4n) is 2.20. The highest BCUT2D eigenvalue weighted by atomic mass is 16.3. The van der Waals surface area contributed by atoms with E-state index in [0.29, 0.717) is 5.92 Å². The molecule has 1 aromatic heterocycles. The van der Waals surface area contributed by atoms with Gasteiger partial charge in [-0.2, -0.15) is 0 Å². The van der Waals surface area contributed by atoms with Crippen LogP contribution in [0.5, 0.6) is 0 Å². The first-order valence-corrected chi connectivity index (χ1v) is 6.47. The van der Waals surface area contributed by atoms with E-state index in [-0.39, 0.29) is 6.61 Å². The molecule has 4 heteroatoms. The maximum atomic E-state index is 9.00. The summed E-state index contributed by atoms with van der Waals surface area (Å²) in [5.41, 5.74) is 8.59. The predicted octanol–water partition coefficient (Wildman–Crippen LogP) is 2.20. The minimum Gasteiger partial charge on any atom is -0.399 e. The molecule has 98 valence electrons. The van der Waals surface area contributed by atoms with Crippen molar-refractivity contribution < 1.29 is 5.11 Å². The zero-order valence-electron chi connectivity index (χ0n) is 11.1. The first kappa shape index (κ1) is 12.9. The molecule has 0 atom stereocenters. The van der Waals surface area contributed by atoms with Gasteiger partial charge >= 0.3 is 0 Å². The van der Waals surface area contributed by atoms with Crippen LogP contribution in [0.3, 0.4) is 0 Å². The highest BCUT2D eigenvalue weighted by molar-refractivity contribution is 5.79. The third-order valence-electron chi connectivity index (χ3n) is 2.98. The summed E-state index contributed by atoms with van der Waals surface area (Å²) in [7, 11) is 0. The summed E-state index contributed by atoms with van der Waals surface area (Å²) >= 11 is 0. The number of fused-ring (bicyclic) bond motifs is 1. The molecule has 0 bridgehead atoms. The molecule has 2 aromatic rings. The monoisotopic (exact) mass is 247 g/mol. The van der Waals surface area contributed by atoms with Gasteiger partial charge in [-0.05, 0) is 30.5 Å². The first-order valence-electron chi connectivity index (χ1n) is 6.47. The highest BCUT2D eigenvalue weighted by Crippen LogP contribution is 2.21. The summed E-state index contributed by atoms with van der Waals surface area (Å²) in [6.07, 6.45) is 1.70. The molecule has 0 amide bonds. The van der Waals surface area contributed by atoms with Crippen molar-refractivity contribution in [2.45, 2.75) is 33.2 Å². The largest absolute Gasteiger partial charge is 0.399 e. The number of benzene rings is 1. The van der Waals surface area contributed by atoms with Crippen LogP contribution in [0.1, 0.15) is 26.1 Å². The van der Waals surface area contributed by atoms with Crippen molar-refractivity contribution in [1.82, 2.24) is 9.55 Å². The standard InChI is InChI=1S/C14H21N3O/c1-10(2)8-14-16-12-9-11(15)4-5-13(12)17(14)6-3-7-18/h4-5,9-10,18H,3,6-8,15H2,1-2H3. The van der Waals surface area contributed by atoms with E-state index >= 15 is 0 Å². The number of aliphatic hydroxyl groups excluding tert-OH is 1. The Hall–Kier alpha value is -1.55. The Morgan fingerprint density at radius 1 is 1.39 bits per heavy atom. The lowest BCUT2D eigenvalue weighted by Gasteiger charge is -2.09. The summed E-state index contributed by atoms with van der Waals surface area (Å²) in [4.78, 5) is 4.67. The summed E-state index contributed by atoms with van der Waals surface area (Å²) < 4.78 is 2.20. The maximum Gasteiger partial charge on any atom is 0.110 e. The number of aromatic nitrogens is 2. The van der Waals surface area contributed by atoms with Gasteiger partial charge in [-0.15, -0.1) is 0 Å². The van der Waals surface area contributed by atoms with Gasteiger partial charge in [-0.25, -0.2) is 4.98 Å². The Labute approximate surface area is 107 Å². The van der Waals surface area contributed by atoms with Gasteiger partial charge in [-0.1, -0.05) is 13.8 Å². The molecule has 1 heterocycles. The summed E-state index contributed by atoms with van der Waals surface area (Å²) in [6, 6.07) is 5.83. The number of nitrogens with two attached hydrogens (primary N) is 1. The fourth-order valence-corrected chi connectivity index (χ4v) is 2.20. The number of nitrogens with zero attached hydrogens (tertiary/aromatic N) is 2. The first-order chi connectivity index (χ1) is 8.61. The van der Waals surface area contributed by atoms with Crippen LogP contribution in [0.4, 0.5) is 5.69 Å². The lowest BCUT2D eigenvalue weighted by atomic mass is 10.1. The normalized spacial score (nSPS) is 11.6. The van der Waals surface area contributed by atoms with Gasteiger partial charge in [0.15, 0.2) is 0 Å². The van der Waals surface area contributed by atoms with E-state index in [1.54, 1.807) is 0 Å². The van der Waals surface area contributed by atoms with Crippen LogP contribution in [-0.2, 0) is 13.0 Å². The molecule has 0 aliphatic carbocycles. The summed E-state index contributed by atoms with van der Waals surface area (Å²) in [5.74, 6) is 1.64. The van der Waals surface area contributed by atoms with E-state index in [0.717, 1.165) is 41.9 Å². The van der Waals surface area contributed by atoms with Crippen molar-refractivity contribution in [1.29, 1.82) is 0 Å². The van der Waals surface area contributed by atoms with Crippen molar-refractivity contribution in [3.05, 3.63) is 24.0 Å². The molecule has 18 heavy (non-hydrogen) atoms. The third kappa shape index (κ3) is 2.64. The molecule has 0 fully saturated rings. The van der Waals surface area contributed by atoms with Crippen molar-refractivity contribution in [2.24, 2.45) is 5.92 Å². The number of anilines is 1. The van der Waals surface area contributed by atoms with E-state index < -0.39 is 0 Å². The Balaban J connectivity index is 2.45. The van der Waals surface area contributed by atoms with Gasteiger partial charge in [0.1, 0.15) is 5.82 Å². The van der Waals surface area contributed by atoms with Gasteiger partial charge in [0, 0.05) is 25.3 Å². The van der Waals surface area contributed by atoms with Crippen molar-refractivity contribution in [2.75, 3.05) is 12.3 Å². The molecule has 0 radical (unpaired) electrons. The van der Waals surface area contributed by atoms with Crippen LogP contribution in [-0.4, -0.2) is 21.3 Å². The SMILES string of the molecule is CC(C)Cc1nc2cc(N)ccc2n1CCCO. The zero-order chi connectivity index (χ0) is 13.1. The van der Waals surface area contributed by atoms with Gasteiger partial charge < -0.3 is 15.4 Å². The van der Waals surface area contributed by atoms with Gasteiger partial charge in [0.2, 0.25) is 0 Å². The van der Waals surface area contributed by atoms with Gasteiger partial charge in [-0.3, -0.25) is 0 Å². The van der Waals surface area contributed by atoms with Gasteiger partial charge in [0.05, 0.1) is 11.0 Å². The zero-order valence-corrected chi connectivity index (χ0v) is 11.1. The number of hydrogen-bond acceptors (Lipinski definition) is 3. The van der Waals surface area contributed by atoms with Gasteiger partial charge in [0.25, 0.3) is 0 Å². The number of aryl methyl sites for hydroxylation is 1. The molecular weight excluding hydrogens is 226 g/mol. The highest BCUT2D eigenvalue weighted by Gasteiger charge is 2.11. The summed E-state index contributed by atoms with van der Waals surface area (Å²) in [5, 5.41) is 9.00. The fraction of sp³-hybridized carbons (Fsp3) is 0.500. The third-order valence-corrected chi connectivity index (χ3v) is 2.98. The van der Waals surface area contributed by atoms with Crippen LogP contribution in [0.2, 0.25) is 0 Å². The second-order valence-electron chi connectivity index (χ2n) is 5.10. The minimum atomic E-state index is 0.204. The topological polar surface area (TPSA) is 64.1 Å². The number of hydrogen-bond donors (Lipinski definition) is 2. The Morgan fingerprint density at radius 2 is 2.17 bits per heavy atom. The lowest BCUT2D eigenvalue weighted by molar-refractivity contribution is 0.279. The van der Waals surface area contributed by atoms with Crippen LogP contribution >= 0.6 is 0 Å². The lowest BCUT2D eigenvalue weighted by Crippen LogP contribution is -2.08. The maximum absolute atomic E-state index is 9.00. The van der Waals surface area contributed by atoms with Crippen molar-refractivity contribution in [3.8, 4) is 0 Å². The number of aliphatic hydroxyl groups is 1. The van der Waals surface area contributed by atoms with Crippen LogP contribution in [0.25, 0.3) is 11.0 Å². The van der Waals surface area contributed by atoms with Crippen LogP contribution in [0.15, 0.2) is 18.2 Å². The quantitative estimate of drug-likeness (QED) is 0.796. The second-order valence-corrected chi connectivity index (χ2v) is 5.10. The van der Waals surface area contributed by atoms with Crippen LogP contribution in [0, 0.1) is 5.92 Å². The molecule has 0 saturated heterocycles. The molecule has 1 aromatic carbocycles. The number of imidazole rings is 1. The summed E-state index contributed by atoms with van der Waals surface area (Å²) in [6.45, 7) is 5.38. The molecule has 0 aliphatic heterocycles. The minimum absolute atomic E-state index is 0.204. The number of nitrogen functional groups attached to an aromatic ring is 1. The van der Waals surface area contributed by atoms with E-state index in [9.17, 15) is 0 Å². The molecule has 2 rings (SSSR count). The molecule has 0 unspecified atom stereocenters. The Kier molecular flexibility index (Phi) is 3.87. The molecule has 0 aliphatic rings. The molecule has 0 spiro atoms. The number of rotatable bonds is 5. The van der Waals surface area contributed by atoms with E-state index in [1.807, 2.05) is 18.2 Å². The van der Waals surface area contributed by atoms with E-state index in [2.05, 4.69) is 23.4 Å². The Bertz CT molecular complexity index is 531. The van der Waals surface area contributed by atoms with E-state index in [4.69, 9.17) is 10.8 Å². The van der Waals surface area contributed by atoms with Crippen molar-refractivity contribution in [3.63, 3.8) is 0 Å².